The van der Waals surface area contributed by atoms with Gasteiger partial charge in [-0.2, -0.15) is 4.31 Å². The third-order valence-electron chi connectivity index (χ3n) is 4.86. The summed E-state index contributed by atoms with van der Waals surface area (Å²) in [5.74, 6) is -1.17. The number of Topliss-reactive ketones (excluding diaryl/α,β-unsaturated/α-hetero) is 1. The highest BCUT2D eigenvalue weighted by molar-refractivity contribution is 9.10. The van der Waals surface area contributed by atoms with Gasteiger partial charge in [0.2, 0.25) is 15.8 Å². The van der Waals surface area contributed by atoms with Crippen molar-refractivity contribution < 1.29 is 22.7 Å². The Morgan fingerprint density at radius 1 is 1.03 bits per heavy atom. The average Bonchev–Trinajstić information content (AvgIpc) is 3.02. The molecule has 0 radical (unpaired) electrons. The van der Waals surface area contributed by atoms with E-state index in [2.05, 4.69) is 15.9 Å². The largest absolute Gasteiger partial charge is 0.454 e. The van der Waals surface area contributed by atoms with Gasteiger partial charge in [-0.25, -0.2) is 13.2 Å². The van der Waals surface area contributed by atoms with Crippen molar-refractivity contribution in [2.75, 3.05) is 19.7 Å². The smallest absolute Gasteiger partial charge is 0.338 e. The van der Waals surface area contributed by atoms with Gasteiger partial charge < -0.3 is 4.74 Å². The van der Waals surface area contributed by atoms with Crippen molar-refractivity contribution in [2.24, 2.45) is 0 Å². The number of ketones is 1. The molecule has 0 N–H and O–H groups in total. The number of carbonyl (C=O) groups is 2. The molecular weight excluding hydrogens is 494 g/mol. The predicted molar refractivity (Wildman–Crippen MR) is 117 cm³/mol. The van der Waals surface area contributed by atoms with Gasteiger partial charge in [0.15, 0.2) is 6.61 Å². The number of esters is 1. The fourth-order valence-corrected chi connectivity index (χ4v) is 5.75. The molecule has 3 rings (SSSR count). The van der Waals surface area contributed by atoms with E-state index in [1.54, 1.807) is 24.3 Å². The van der Waals surface area contributed by atoms with E-state index in [1.807, 2.05) is 0 Å². The topological polar surface area (TPSA) is 80.8 Å². The molecule has 1 aliphatic heterocycles. The molecule has 2 aromatic carbocycles. The molecule has 9 heteroatoms. The van der Waals surface area contributed by atoms with Crippen molar-refractivity contribution >= 4 is 49.3 Å². The molecule has 0 unspecified atom stereocenters. The van der Waals surface area contributed by atoms with Gasteiger partial charge in [0, 0.05) is 23.1 Å². The predicted octanol–water partition coefficient (Wildman–Crippen LogP) is 4.71. The lowest BCUT2D eigenvalue weighted by atomic mass is 10.1. The molecule has 0 bridgehead atoms. The summed E-state index contributed by atoms with van der Waals surface area (Å²) in [4.78, 5) is 24.6. The number of halogens is 2. The normalized spacial score (nSPS) is 15.4. The van der Waals surface area contributed by atoms with Gasteiger partial charge in [-0.05, 0) is 37.1 Å². The number of nitrogens with zero attached hydrogens (tertiary/aromatic N) is 1. The molecule has 0 aliphatic carbocycles. The van der Waals surface area contributed by atoms with Gasteiger partial charge in [-0.15, -0.1) is 0 Å². The fraction of sp³-hybridized carbons (Fsp3) is 0.333. The third-order valence-corrected chi connectivity index (χ3v) is 7.93. The SMILES string of the molecule is O=C(OCC(=O)c1ccccc1Br)c1ccc(Cl)c(S(=O)(=O)N2CCCCCC2)c1. The number of hydrogen-bond acceptors (Lipinski definition) is 5. The zero-order valence-corrected chi connectivity index (χ0v) is 19.3. The highest BCUT2D eigenvalue weighted by atomic mass is 79.9. The summed E-state index contributed by atoms with van der Waals surface area (Å²) in [6.45, 7) is 0.389. The van der Waals surface area contributed by atoms with Gasteiger partial charge in [0.1, 0.15) is 4.90 Å². The van der Waals surface area contributed by atoms with Crippen LogP contribution in [0, 0.1) is 0 Å². The van der Waals surface area contributed by atoms with Crippen LogP contribution in [0.5, 0.6) is 0 Å². The average molecular weight is 515 g/mol. The monoisotopic (exact) mass is 513 g/mol. The first kappa shape index (κ1) is 22.9. The van der Waals surface area contributed by atoms with Gasteiger partial charge in [0.25, 0.3) is 0 Å². The molecule has 0 aromatic heterocycles. The molecule has 0 spiro atoms. The van der Waals surface area contributed by atoms with E-state index >= 15 is 0 Å². The summed E-state index contributed by atoms with van der Waals surface area (Å²) in [6.07, 6.45) is 3.54. The van der Waals surface area contributed by atoms with Crippen molar-refractivity contribution in [2.45, 2.75) is 30.6 Å². The second-order valence-electron chi connectivity index (χ2n) is 6.94. The van der Waals surface area contributed by atoms with Crippen LogP contribution in [0.25, 0.3) is 0 Å². The van der Waals surface area contributed by atoms with Crippen LogP contribution in [0.1, 0.15) is 46.4 Å². The lowest BCUT2D eigenvalue weighted by molar-refractivity contribution is 0.0474. The van der Waals surface area contributed by atoms with Crippen LogP contribution < -0.4 is 0 Å². The number of rotatable bonds is 6. The zero-order chi connectivity index (χ0) is 21.7. The van der Waals surface area contributed by atoms with Gasteiger partial charge in [0.05, 0.1) is 10.6 Å². The highest BCUT2D eigenvalue weighted by Crippen LogP contribution is 2.28. The van der Waals surface area contributed by atoms with E-state index in [1.165, 1.54) is 22.5 Å². The highest BCUT2D eigenvalue weighted by Gasteiger charge is 2.28. The van der Waals surface area contributed by atoms with Gasteiger partial charge >= 0.3 is 5.97 Å². The Morgan fingerprint density at radius 3 is 2.37 bits per heavy atom. The molecule has 0 atom stereocenters. The molecule has 30 heavy (non-hydrogen) atoms. The lowest BCUT2D eigenvalue weighted by Gasteiger charge is -2.21. The van der Waals surface area contributed by atoms with Crippen LogP contribution in [-0.4, -0.2) is 44.2 Å². The van der Waals surface area contributed by atoms with Crippen molar-refractivity contribution in [3.8, 4) is 0 Å². The van der Waals surface area contributed by atoms with Crippen LogP contribution in [0.15, 0.2) is 51.8 Å². The molecular formula is C21H21BrClNO5S. The summed E-state index contributed by atoms with van der Waals surface area (Å²) >= 11 is 9.44. The number of hydrogen-bond donors (Lipinski definition) is 0. The number of sulfonamides is 1. The first-order valence-electron chi connectivity index (χ1n) is 9.55. The summed E-state index contributed by atoms with van der Waals surface area (Å²) in [6, 6.07) is 10.8. The molecule has 160 valence electrons. The molecule has 1 fully saturated rings. The van der Waals surface area contributed by atoms with E-state index in [-0.39, 0.29) is 21.3 Å². The van der Waals surface area contributed by atoms with Crippen LogP contribution in [-0.2, 0) is 14.8 Å². The number of carbonyl (C=O) groups excluding carboxylic acids is 2. The Morgan fingerprint density at radius 2 is 1.70 bits per heavy atom. The van der Waals surface area contributed by atoms with Gasteiger partial charge in [-0.1, -0.05) is 58.6 Å². The van der Waals surface area contributed by atoms with Crippen molar-refractivity contribution in [1.82, 2.24) is 4.31 Å². The van der Waals surface area contributed by atoms with E-state index in [0.29, 0.717) is 23.1 Å². The minimum absolute atomic E-state index is 0.0210. The number of benzene rings is 2. The Labute approximate surface area is 189 Å². The summed E-state index contributed by atoms with van der Waals surface area (Å²) < 4.78 is 33.2. The summed E-state index contributed by atoms with van der Waals surface area (Å²) in [7, 11) is -3.83. The molecule has 0 amide bonds. The van der Waals surface area contributed by atoms with Crippen LogP contribution >= 0.6 is 27.5 Å². The zero-order valence-electron chi connectivity index (χ0n) is 16.1. The molecule has 0 saturated carbocycles. The third kappa shape index (κ3) is 5.29. The van der Waals surface area contributed by atoms with Crippen LogP contribution in [0.4, 0.5) is 0 Å². The lowest BCUT2D eigenvalue weighted by Crippen LogP contribution is -2.32. The minimum Gasteiger partial charge on any atom is -0.454 e. The molecule has 1 heterocycles. The first-order valence-corrected chi connectivity index (χ1v) is 12.2. The minimum atomic E-state index is -3.83. The first-order chi connectivity index (χ1) is 14.3. The standard InChI is InChI=1S/C21H21BrClNO5S/c22-17-8-4-3-7-16(17)19(25)14-29-21(26)15-9-10-18(23)20(13-15)30(27,28)24-11-5-1-2-6-12-24/h3-4,7-10,13H,1-2,5-6,11-12,14H2. The quantitative estimate of drug-likeness (QED) is 0.412. The van der Waals surface area contributed by atoms with Gasteiger partial charge in [-0.3, -0.25) is 4.79 Å². The molecule has 6 nitrogen and oxygen atoms in total. The van der Waals surface area contributed by atoms with Crippen molar-refractivity contribution in [3.63, 3.8) is 0 Å². The maximum atomic E-state index is 13.1. The number of ether oxygens (including phenoxy) is 1. The summed E-state index contributed by atoms with van der Waals surface area (Å²) in [5.41, 5.74) is 0.415. The van der Waals surface area contributed by atoms with Crippen molar-refractivity contribution in [1.29, 1.82) is 0 Å². The van der Waals surface area contributed by atoms with Crippen molar-refractivity contribution in [3.05, 3.63) is 63.1 Å². The Bertz CT molecular complexity index is 1050. The maximum Gasteiger partial charge on any atom is 0.338 e. The summed E-state index contributed by atoms with van der Waals surface area (Å²) in [5, 5.41) is 0.0417. The van der Waals surface area contributed by atoms with E-state index in [9.17, 15) is 18.0 Å². The maximum absolute atomic E-state index is 13.1. The second kappa shape index (κ2) is 10.0. The Kier molecular flexibility index (Phi) is 7.68. The van der Waals surface area contributed by atoms with E-state index in [4.69, 9.17) is 16.3 Å². The molecule has 1 aliphatic rings. The second-order valence-corrected chi connectivity index (χ2v) is 10.1. The molecule has 2 aromatic rings. The van der Waals surface area contributed by atoms with Crippen LogP contribution in [0.3, 0.4) is 0 Å². The molecule has 1 saturated heterocycles. The Balaban J connectivity index is 1.76. The van der Waals surface area contributed by atoms with Crippen LogP contribution in [0.2, 0.25) is 5.02 Å². The fourth-order valence-electron chi connectivity index (χ4n) is 3.23. The Hall–Kier alpha value is -1.74. The van der Waals surface area contributed by atoms with E-state index in [0.717, 1.165) is 25.7 Å². The van der Waals surface area contributed by atoms with E-state index < -0.39 is 22.6 Å².